The van der Waals surface area contributed by atoms with Crippen LogP contribution in [0.4, 0.5) is 5.82 Å². The molecule has 0 aliphatic rings. The molecule has 0 unspecified atom stereocenters. The van der Waals surface area contributed by atoms with E-state index >= 15 is 0 Å². The normalized spacial score (nSPS) is 9.95. The summed E-state index contributed by atoms with van der Waals surface area (Å²) >= 11 is 0. The van der Waals surface area contributed by atoms with E-state index in [2.05, 4.69) is 16.0 Å². The lowest BCUT2D eigenvalue weighted by Gasteiger charge is -2.09. The van der Waals surface area contributed by atoms with Gasteiger partial charge in [-0.15, -0.1) is 0 Å². The minimum atomic E-state index is 0.350. The van der Waals surface area contributed by atoms with Gasteiger partial charge < -0.3 is 15.2 Å². The van der Waals surface area contributed by atoms with E-state index in [4.69, 9.17) is 20.5 Å². The Morgan fingerprint density at radius 2 is 1.95 bits per heavy atom. The zero-order valence-electron chi connectivity index (χ0n) is 12.0. The van der Waals surface area contributed by atoms with Crippen LogP contribution in [0.1, 0.15) is 24.7 Å². The standard InChI is InChI=1S/C15H16N4O2/c1-3-4-14-18-13(17)8-15(19-14)21-12-6-10(9-16)5-11(7-12)20-2/h5-8H,3-4H2,1-2H3,(H2,17,18,19). The molecule has 108 valence electrons. The Kier molecular flexibility index (Phi) is 4.57. The van der Waals surface area contributed by atoms with E-state index in [1.807, 2.05) is 6.92 Å². The van der Waals surface area contributed by atoms with Crippen molar-refractivity contribution in [3.05, 3.63) is 35.7 Å². The number of methoxy groups -OCH3 is 1. The lowest BCUT2D eigenvalue weighted by atomic mass is 10.2. The van der Waals surface area contributed by atoms with Gasteiger partial charge in [0.05, 0.1) is 18.7 Å². The van der Waals surface area contributed by atoms with Crippen LogP contribution in [-0.4, -0.2) is 17.1 Å². The third kappa shape index (κ3) is 3.83. The average Bonchev–Trinajstić information content (AvgIpc) is 2.46. The Hall–Kier alpha value is -2.81. The topological polar surface area (TPSA) is 94.1 Å². The van der Waals surface area contributed by atoms with E-state index in [0.29, 0.717) is 34.6 Å². The van der Waals surface area contributed by atoms with Gasteiger partial charge in [-0.3, -0.25) is 0 Å². The molecule has 0 aliphatic carbocycles. The lowest BCUT2D eigenvalue weighted by molar-refractivity contribution is 0.407. The largest absolute Gasteiger partial charge is 0.497 e. The number of rotatable bonds is 5. The predicted molar refractivity (Wildman–Crippen MR) is 78.2 cm³/mol. The molecule has 21 heavy (non-hydrogen) atoms. The van der Waals surface area contributed by atoms with Gasteiger partial charge in [0.15, 0.2) is 0 Å². The van der Waals surface area contributed by atoms with Crippen molar-refractivity contribution in [1.82, 2.24) is 9.97 Å². The number of anilines is 1. The van der Waals surface area contributed by atoms with Crippen molar-refractivity contribution in [2.24, 2.45) is 0 Å². The minimum Gasteiger partial charge on any atom is -0.497 e. The number of benzene rings is 1. The van der Waals surface area contributed by atoms with Gasteiger partial charge >= 0.3 is 0 Å². The van der Waals surface area contributed by atoms with Crippen LogP contribution in [0, 0.1) is 11.3 Å². The van der Waals surface area contributed by atoms with E-state index in [9.17, 15) is 0 Å². The monoisotopic (exact) mass is 284 g/mol. The van der Waals surface area contributed by atoms with Crippen molar-refractivity contribution >= 4 is 5.82 Å². The Balaban J connectivity index is 2.31. The fourth-order valence-corrected chi connectivity index (χ4v) is 1.81. The highest BCUT2D eigenvalue weighted by atomic mass is 16.5. The molecule has 1 heterocycles. The molecule has 0 saturated heterocycles. The molecule has 0 atom stereocenters. The summed E-state index contributed by atoms with van der Waals surface area (Å²) in [7, 11) is 1.53. The first-order valence-electron chi connectivity index (χ1n) is 6.55. The van der Waals surface area contributed by atoms with Crippen molar-refractivity contribution in [2.45, 2.75) is 19.8 Å². The number of ether oxygens (including phenoxy) is 2. The van der Waals surface area contributed by atoms with Gasteiger partial charge in [-0.25, -0.2) is 4.98 Å². The first-order chi connectivity index (χ1) is 10.1. The summed E-state index contributed by atoms with van der Waals surface area (Å²) in [6.45, 7) is 2.04. The van der Waals surface area contributed by atoms with Crippen molar-refractivity contribution in [1.29, 1.82) is 5.26 Å². The third-order valence-electron chi connectivity index (χ3n) is 2.71. The molecule has 0 amide bonds. The van der Waals surface area contributed by atoms with Crippen LogP contribution in [0.15, 0.2) is 24.3 Å². The number of nitrogen functional groups attached to an aromatic ring is 1. The highest BCUT2D eigenvalue weighted by molar-refractivity contribution is 5.45. The fraction of sp³-hybridized carbons (Fsp3) is 0.267. The van der Waals surface area contributed by atoms with E-state index in [0.717, 1.165) is 12.8 Å². The maximum absolute atomic E-state index is 9.00. The number of aryl methyl sites for hydroxylation is 1. The second kappa shape index (κ2) is 6.57. The number of hydrogen-bond donors (Lipinski definition) is 1. The molecule has 0 radical (unpaired) electrons. The number of nitrogens with two attached hydrogens (primary N) is 1. The summed E-state index contributed by atoms with van der Waals surface area (Å²) in [6.07, 6.45) is 1.64. The molecule has 1 aromatic carbocycles. The number of nitrogens with zero attached hydrogens (tertiary/aromatic N) is 3. The summed E-state index contributed by atoms with van der Waals surface area (Å²) < 4.78 is 10.8. The number of hydrogen-bond acceptors (Lipinski definition) is 6. The molecule has 2 N–H and O–H groups in total. The van der Waals surface area contributed by atoms with E-state index in [1.165, 1.54) is 7.11 Å². The molecule has 6 nitrogen and oxygen atoms in total. The maximum atomic E-state index is 9.00. The van der Waals surface area contributed by atoms with Gasteiger partial charge in [0.2, 0.25) is 5.88 Å². The van der Waals surface area contributed by atoms with Gasteiger partial charge in [-0.2, -0.15) is 10.2 Å². The van der Waals surface area contributed by atoms with Crippen molar-refractivity contribution in [2.75, 3.05) is 12.8 Å². The smallest absolute Gasteiger partial charge is 0.224 e. The maximum Gasteiger partial charge on any atom is 0.224 e. The molecular formula is C15H16N4O2. The van der Waals surface area contributed by atoms with E-state index in [1.54, 1.807) is 24.3 Å². The average molecular weight is 284 g/mol. The molecule has 0 spiro atoms. The predicted octanol–water partition coefficient (Wildman–Crippen LogP) is 2.68. The first kappa shape index (κ1) is 14.6. The summed E-state index contributed by atoms with van der Waals surface area (Å²) in [4.78, 5) is 8.43. The van der Waals surface area contributed by atoms with Crippen molar-refractivity contribution in [3.63, 3.8) is 0 Å². The van der Waals surface area contributed by atoms with Gasteiger partial charge in [0.1, 0.15) is 23.1 Å². The van der Waals surface area contributed by atoms with E-state index < -0.39 is 0 Å². The molecule has 0 aliphatic heterocycles. The molecule has 6 heteroatoms. The Labute approximate surface area is 123 Å². The fourth-order valence-electron chi connectivity index (χ4n) is 1.81. The van der Waals surface area contributed by atoms with Crippen molar-refractivity contribution in [3.8, 4) is 23.4 Å². The molecule has 2 aromatic rings. The summed E-state index contributed by atoms with van der Waals surface area (Å²) in [5.41, 5.74) is 6.19. The van der Waals surface area contributed by atoms with Gasteiger partial charge in [0.25, 0.3) is 0 Å². The van der Waals surface area contributed by atoms with Crippen LogP contribution in [0.2, 0.25) is 0 Å². The highest BCUT2D eigenvalue weighted by Crippen LogP contribution is 2.27. The lowest BCUT2D eigenvalue weighted by Crippen LogP contribution is -2.01. The van der Waals surface area contributed by atoms with Gasteiger partial charge in [0, 0.05) is 18.6 Å². The Morgan fingerprint density at radius 1 is 1.19 bits per heavy atom. The van der Waals surface area contributed by atoms with Gasteiger partial charge in [-0.05, 0) is 18.6 Å². The van der Waals surface area contributed by atoms with Crippen LogP contribution in [0.25, 0.3) is 0 Å². The minimum absolute atomic E-state index is 0.350. The van der Waals surface area contributed by atoms with E-state index in [-0.39, 0.29) is 0 Å². The molecule has 0 fully saturated rings. The number of nitriles is 1. The number of aromatic nitrogens is 2. The molecule has 0 saturated carbocycles. The molecular weight excluding hydrogens is 268 g/mol. The first-order valence-corrected chi connectivity index (χ1v) is 6.55. The summed E-state index contributed by atoms with van der Waals surface area (Å²) in [6, 6.07) is 8.52. The van der Waals surface area contributed by atoms with Crippen LogP contribution in [0.5, 0.6) is 17.4 Å². The zero-order valence-corrected chi connectivity index (χ0v) is 12.0. The molecule has 0 bridgehead atoms. The molecule has 2 rings (SSSR count). The van der Waals surface area contributed by atoms with Crippen LogP contribution in [0.3, 0.4) is 0 Å². The Morgan fingerprint density at radius 3 is 2.62 bits per heavy atom. The third-order valence-corrected chi connectivity index (χ3v) is 2.71. The zero-order chi connectivity index (χ0) is 15.2. The second-order valence-corrected chi connectivity index (χ2v) is 4.41. The second-order valence-electron chi connectivity index (χ2n) is 4.41. The molecule has 1 aromatic heterocycles. The van der Waals surface area contributed by atoms with Gasteiger partial charge in [-0.1, -0.05) is 6.92 Å². The quantitative estimate of drug-likeness (QED) is 0.907. The SMILES string of the molecule is CCCc1nc(N)cc(Oc2cc(C#N)cc(OC)c2)n1. The highest BCUT2D eigenvalue weighted by Gasteiger charge is 2.07. The van der Waals surface area contributed by atoms with Crippen molar-refractivity contribution < 1.29 is 9.47 Å². The summed E-state index contributed by atoms with van der Waals surface area (Å²) in [5.74, 6) is 2.34. The van der Waals surface area contributed by atoms with Crippen LogP contribution in [-0.2, 0) is 6.42 Å². The Bertz CT molecular complexity index is 680. The van der Waals surface area contributed by atoms with Crippen LogP contribution >= 0.6 is 0 Å². The summed E-state index contributed by atoms with van der Waals surface area (Å²) in [5, 5.41) is 9.00. The van der Waals surface area contributed by atoms with Crippen LogP contribution < -0.4 is 15.2 Å².